The first kappa shape index (κ1) is 11.7. The van der Waals surface area contributed by atoms with E-state index in [9.17, 15) is 0 Å². The number of hydrogen-bond donors (Lipinski definition) is 2. The molecular weight excluding hydrogens is 184 g/mol. The van der Waals surface area contributed by atoms with Gasteiger partial charge in [-0.15, -0.1) is 0 Å². The Morgan fingerprint density at radius 2 is 1.36 bits per heavy atom. The number of rotatable bonds is 6. The van der Waals surface area contributed by atoms with Crippen molar-refractivity contribution >= 4 is 0 Å². The van der Waals surface area contributed by atoms with Gasteiger partial charge < -0.3 is 19.7 Å². The van der Waals surface area contributed by atoms with E-state index in [1.165, 1.54) is 0 Å². The maximum atomic E-state index is 8.56. The van der Waals surface area contributed by atoms with E-state index in [-0.39, 0.29) is 25.4 Å². The lowest BCUT2D eigenvalue weighted by Gasteiger charge is -2.22. The van der Waals surface area contributed by atoms with E-state index in [1.807, 2.05) is 12.2 Å². The second-order valence-electron chi connectivity index (χ2n) is 3.23. The molecule has 1 aliphatic carbocycles. The second kappa shape index (κ2) is 6.95. The minimum atomic E-state index is 0.0643. The van der Waals surface area contributed by atoms with Crippen molar-refractivity contribution in [2.75, 3.05) is 26.4 Å². The maximum absolute atomic E-state index is 8.56. The molecule has 0 spiro atoms. The summed E-state index contributed by atoms with van der Waals surface area (Å²) in [6.45, 7) is 0.901. The van der Waals surface area contributed by atoms with Crippen LogP contribution in [0.3, 0.4) is 0 Å². The van der Waals surface area contributed by atoms with Gasteiger partial charge in [-0.2, -0.15) is 0 Å². The van der Waals surface area contributed by atoms with Gasteiger partial charge in [0, 0.05) is 0 Å². The number of aliphatic hydroxyl groups excluding tert-OH is 2. The normalized spacial score (nSPS) is 26.7. The van der Waals surface area contributed by atoms with Gasteiger partial charge in [0.15, 0.2) is 0 Å². The molecule has 2 atom stereocenters. The number of ether oxygens (including phenoxy) is 2. The van der Waals surface area contributed by atoms with Crippen molar-refractivity contribution in [1.29, 1.82) is 0 Å². The molecule has 0 amide bonds. The fraction of sp³-hybridized carbons (Fsp3) is 0.800. The average Bonchev–Trinajstić information content (AvgIpc) is 2.25. The third-order valence-corrected chi connectivity index (χ3v) is 2.12. The highest BCUT2D eigenvalue weighted by molar-refractivity contribution is 5.00. The van der Waals surface area contributed by atoms with Crippen molar-refractivity contribution in [2.24, 2.45) is 0 Å². The SMILES string of the molecule is OCCOC1C=CC(OCCO)CC1. The summed E-state index contributed by atoms with van der Waals surface area (Å²) in [5.74, 6) is 0. The Bertz CT molecular complexity index is 152. The van der Waals surface area contributed by atoms with Gasteiger partial charge in [0.25, 0.3) is 0 Å². The van der Waals surface area contributed by atoms with E-state index in [4.69, 9.17) is 19.7 Å². The predicted octanol–water partition coefficient (Wildman–Crippen LogP) is 0.0914. The second-order valence-corrected chi connectivity index (χ2v) is 3.23. The summed E-state index contributed by atoms with van der Waals surface area (Å²) in [5, 5.41) is 17.1. The molecule has 0 aromatic heterocycles. The third kappa shape index (κ3) is 4.19. The molecule has 0 saturated carbocycles. The molecule has 14 heavy (non-hydrogen) atoms. The van der Waals surface area contributed by atoms with E-state index < -0.39 is 0 Å². The summed E-state index contributed by atoms with van der Waals surface area (Å²) in [4.78, 5) is 0. The summed E-state index contributed by atoms with van der Waals surface area (Å²) in [6, 6.07) is 0. The van der Waals surface area contributed by atoms with Crippen LogP contribution in [-0.2, 0) is 9.47 Å². The lowest BCUT2D eigenvalue weighted by Crippen LogP contribution is -2.23. The molecule has 82 valence electrons. The van der Waals surface area contributed by atoms with Crippen LogP contribution in [0.25, 0.3) is 0 Å². The van der Waals surface area contributed by atoms with Crippen molar-refractivity contribution < 1.29 is 19.7 Å². The van der Waals surface area contributed by atoms with Crippen LogP contribution in [0.5, 0.6) is 0 Å². The first-order chi connectivity index (χ1) is 6.86. The van der Waals surface area contributed by atoms with Crippen molar-refractivity contribution in [3.05, 3.63) is 12.2 Å². The molecule has 0 aromatic carbocycles. The fourth-order valence-electron chi connectivity index (χ4n) is 1.45. The van der Waals surface area contributed by atoms with Gasteiger partial charge in [-0.1, -0.05) is 12.2 Å². The quantitative estimate of drug-likeness (QED) is 0.599. The van der Waals surface area contributed by atoms with Crippen molar-refractivity contribution in [1.82, 2.24) is 0 Å². The Labute approximate surface area is 84.1 Å². The van der Waals surface area contributed by atoms with Crippen LogP contribution in [0.1, 0.15) is 12.8 Å². The lowest BCUT2D eigenvalue weighted by molar-refractivity contribution is 0.0129. The molecular formula is C10H18O4. The molecule has 0 radical (unpaired) electrons. The Morgan fingerprint density at radius 1 is 0.929 bits per heavy atom. The van der Waals surface area contributed by atoms with Crippen LogP contribution >= 0.6 is 0 Å². The van der Waals surface area contributed by atoms with E-state index in [0.29, 0.717) is 13.2 Å². The smallest absolute Gasteiger partial charge is 0.0759 e. The van der Waals surface area contributed by atoms with Gasteiger partial charge in [0.05, 0.1) is 38.6 Å². The summed E-state index contributed by atoms with van der Waals surface area (Å²) in [6.07, 6.45) is 5.95. The molecule has 4 heteroatoms. The largest absolute Gasteiger partial charge is 0.394 e. The molecule has 0 heterocycles. The maximum Gasteiger partial charge on any atom is 0.0759 e. The minimum Gasteiger partial charge on any atom is -0.394 e. The molecule has 0 aliphatic heterocycles. The molecule has 2 N–H and O–H groups in total. The van der Waals surface area contributed by atoms with E-state index in [2.05, 4.69) is 0 Å². The molecule has 1 rings (SSSR count). The molecule has 2 unspecified atom stereocenters. The van der Waals surface area contributed by atoms with Crippen LogP contribution in [-0.4, -0.2) is 48.8 Å². The summed E-state index contributed by atoms with van der Waals surface area (Å²) < 4.78 is 10.7. The van der Waals surface area contributed by atoms with Crippen molar-refractivity contribution in [3.63, 3.8) is 0 Å². The highest BCUT2D eigenvalue weighted by Crippen LogP contribution is 2.16. The van der Waals surface area contributed by atoms with Gasteiger partial charge in [-0.3, -0.25) is 0 Å². The van der Waals surface area contributed by atoms with Gasteiger partial charge in [-0.05, 0) is 12.8 Å². The Hall–Kier alpha value is -0.420. The topological polar surface area (TPSA) is 58.9 Å². The molecule has 0 bridgehead atoms. The summed E-state index contributed by atoms with van der Waals surface area (Å²) >= 11 is 0. The third-order valence-electron chi connectivity index (χ3n) is 2.12. The van der Waals surface area contributed by atoms with E-state index in [0.717, 1.165) is 12.8 Å². The van der Waals surface area contributed by atoms with Crippen molar-refractivity contribution in [2.45, 2.75) is 25.0 Å². The zero-order valence-corrected chi connectivity index (χ0v) is 8.26. The van der Waals surface area contributed by atoms with Crippen LogP contribution < -0.4 is 0 Å². The van der Waals surface area contributed by atoms with Gasteiger partial charge in [0.2, 0.25) is 0 Å². The zero-order valence-electron chi connectivity index (χ0n) is 8.26. The van der Waals surface area contributed by atoms with Gasteiger partial charge >= 0.3 is 0 Å². The fourth-order valence-corrected chi connectivity index (χ4v) is 1.45. The number of aliphatic hydroxyl groups is 2. The predicted molar refractivity (Wildman–Crippen MR) is 52.0 cm³/mol. The molecule has 0 aromatic rings. The van der Waals surface area contributed by atoms with Crippen LogP contribution in [0, 0.1) is 0 Å². The Balaban J connectivity index is 2.18. The first-order valence-corrected chi connectivity index (χ1v) is 5.00. The monoisotopic (exact) mass is 202 g/mol. The minimum absolute atomic E-state index is 0.0643. The summed E-state index contributed by atoms with van der Waals surface area (Å²) in [7, 11) is 0. The average molecular weight is 202 g/mol. The highest BCUT2D eigenvalue weighted by Gasteiger charge is 2.15. The van der Waals surface area contributed by atoms with Crippen LogP contribution in [0.15, 0.2) is 12.2 Å². The zero-order chi connectivity index (χ0) is 10.2. The Kier molecular flexibility index (Phi) is 5.78. The standard InChI is InChI=1S/C10H18O4/c11-5-7-13-9-1-2-10(4-3-9)14-8-6-12/h1-2,9-12H,3-8H2. The van der Waals surface area contributed by atoms with Crippen LogP contribution in [0.4, 0.5) is 0 Å². The number of hydrogen-bond acceptors (Lipinski definition) is 4. The van der Waals surface area contributed by atoms with E-state index in [1.54, 1.807) is 0 Å². The molecule has 4 nitrogen and oxygen atoms in total. The van der Waals surface area contributed by atoms with Gasteiger partial charge in [-0.25, -0.2) is 0 Å². The van der Waals surface area contributed by atoms with Gasteiger partial charge in [0.1, 0.15) is 0 Å². The molecule has 1 aliphatic rings. The lowest BCUT2D eigenvalue weighted by atomic mass is 10.0. The summed E-state index contributed by atoms with van der Waals surface area (Å²) in [5.41, 5.74) is 0. The van der Waals surface area contributed by atoms with E-state index >= 15 is 0 Å². The Morgan fingerprint density at radius 3 is 1.64 bits per heavy atom. The molecule has 0 fully saturated rings. The first-order valence-electron chi connectivity index (χ1n) is 5.00. The molecule has 0 saturated heterocycles. The van der Waals surface area contributed by atoms with Crippen LogP contribution in [0.2, 0.25) is 0 Å². The van der Waals surface area contributed by atoms with Crippen molar-refractivity contribution in [3.8, 4) is 0 Å². The highest BCUT2D eigenvalue weighted by atomic mass is 16.5.